The van der Waals surface area contributed by atoms with Crippen molar-refractivity contribution in [2.24, 2.45) is 0 Å². The van der Waals surface area contributed by atoms with E-state index in [1.165, 1.54) is 0 Å². The summed E-state index contributed by atoms with van der Waals surface area (Å²) in [6, 6.07) is 19.7. The molecule has 2 rings (SSSR count). The molecule has 0 saturated heterocycles. The first kappa shape index (κ1) is 10.3. The van der Waals surface area contributed by atoms with Crippen LogP contribution in [0, 0.1) is 0 Å². The zero-order valence-electron chi connectivity index (χ0n) is 8.30. The van der Waals surface area contributed by atoms with Gasteiger partial charge in [0.05, 0.1) is 0 Å². The van der Waals surface area contributed by atoms with E-state index in [9.17, 15) is 3.83 Å². The molecule has 0 spiro atoms. The van der Waals surface area contributed by atoms with E-state index in [1.54, 1.807) is 0 Å². The van der Waals surface area contributed by atoms with Gasteiger partial charge in [0, 0.05) is 0 Å². The Balaban J connectivity index is 2.12. The van der Waals surface area contributed by atoms with Crippen molar-refractivity contribution < 1.29 is 3.83 Å². The molecule has 1 unspecified atom stereocenters. The topological polar surface area (TPSA) is 17.1 Å². The summed E-state index contributed by atoms with van der Waals surface area (Å²) >= 11 is -1.90. The first-order valence-electron chi connectivity index (χ1n) is 4.83. The fourth-order valence-corrected chi connectivity index (χ4v) is 3.74. The Labute approximate surface area is 93.8 Å². The van der Waals surface area contributed by atoms with Crippen molar-refractivity contribution in [1.82, 2.24) is 0 Å². The van der Waals surface area contributed by atoms with Crippen LogP contribution in [-0.4, -0.2) is 13.8 Å². The van der Waals surface area contributed by atoms with Gasteiger partial charge in [-0.1, -0.05) is 0 Å². The number of hydrogen-bond acceptors (Lipinski definition) is 1. The molecule has 76 valence electrons. The fraction of sp³-hybridized carbons (Fsp3) is 0.0769. The van der Waals surface area contributed by atoms with Gasteiger partial charge < -0.3 is 0 Å². The zero-order valence-corrected chi connectivity index (χ0v) is 10.0. The average molecular weight is 263 g/mol. The number of hydrogen-bond donors (Lipinski definition) is 0. The standard InChI is InChI=1S/C13H12OSe/c14-15(13-9-5-2-6-10-13)11-12-7-3-1-4-8-12/h1-10H,11H2. The molecule has 0 bridgehead atoms. The average Bonchev–Trinajstić information content (AvgIpc) is 2.31. The van der Waals surface area contributed by atoms with Crippen LogP contribution in [0.2, 0.25) is 0 Å². The van der Waals surface area contributed by atoms with Crippen molar-refractivity contribution in [3.05, 3.63) is 66.2 Å². The van der Waals surface area contributed by atoms with Crippen LogP contribution in [0.1, 0.15) is 5.56 Å². The molecule has 0 heterocycles. The molecule has 0 aromatic heterocycles. The van der Waals surface area contributed by atoms with E-state index in [1.807, 2.05) is 60.7 Å². The van der Waals surface area contributed by atoms with Gasteiger partial charge in [-0.2, -0.15) is 0 Å². The molecule has 1 atom stereocenters. The van der Waals surface area contributed by atoms with Crippen LogP contribution in [0.15, 0.2) is 60.7 Å². The number of benzene rings is 2. The van der Waals surface area contributed by atoms with E-state index in [2.05, 4.69) is 0 Å². The Morgan fingerprint density at radius 1 is 0.800 bits per heavy atom. The van der Waals surface area contributed by atoms with Crippen LogP contribution in [0.5, 0.6) is 0 Å². The summed E-state index contributed by atoms with van der Waals surface area (Å²) in [5, 5.41) is 0.685. The molecule has 2 heteroatoms. The molecule has 2 aromatic carbocycles. The maximum absolute atomic E-state index is 12.0. The van der Waals surface area contributed by atoms with Gasteiger partial charge in [0.1, 0.15) is 0 Å². The molecule has 2 aromatic rings. The van der Waals surface area contributed by atoms with Crippen LogP contribution in [0.4, 0.5) is 0 Å². The second kappa shape index (κ2) is 5.01. The third-order valence-corrected chi connectivity index (χ3v) is 5.07. The summed E-state index contributed by atoms with van der Waals surface area (Å²) in [4.78, 5) is 0. The Bertz CT molecular complexity index is 437. The molecule has 0 aliphatic heterocycles. The minimum atomic E-state index is -1.90. The van der Waals surface area contributed by atoms with Crippen molar-refractivity contribution >= 4 is 18.3 Å². The SMILES string of the molecule is O=[Se](Cc1ccccc1)c1ccccc1. The molecular weight excluding hydrogens is 251 g/mol. The third-order valence-electron chi connectivity index (χ3n) is 2.15. The van der Waals surface area contributed by atoms with Crippen LogP contribution in [0.25, 0.3) is 0 Å². The number of rotatable bonds is 3. The molecule has 1 nitrogen and oxygen atoms in total. The zero-order chi connectivity index (χ0) is 10.5. The van der Waals surface area contributed by atoms with Gasteiger partial charge in [-0.05, 0) is 0 Å². The van der Waals surface area contributed by atoms with E-state index in [-0.39, 0.29) is 0 Å². The van der Waals surface area contributed by atoms with Crippen molar-refractivity contribution in [2.75, 3.05) is 0 Å². The summed E-state index contributed by atoms with van der Waals surface area (Å²) < 4.78 is 13.0. The summed E-state index contributed by atoms with van der Waals surface area (Å²) in [6.07, 6.45) is 0. The molecule has 0 radical (unpaired) electrons. The van der Waals surface area contributed by atoms with Gasteiger partial charge >= 0.3 is 93.7 Å². The first-order valence-corrected chi connectivity index (χ1v) is 7.60. The van der Waals surface area contributed by atoms with Gasteiger partial charge in [0.25, 0.3) is 0 Å². The molecular formula is C13H12OSe. The summed E-state index contributed by atoms with van der Waals surface area (Å²) in [7, 11) is 0. The van der Waals surface area contributed by atoms with Gasteiger partial charge in [0.2, 0.25) is 0 Å². The van der Waals surface area contributed by atoms with Crippen LogP contribution >= 0.6 is 0 Å². The second-order valence-electron chi connectivity index (χ2n) is 3.29. The Morgan fingerprint density at radius 3 is 1.93 bits per heavy atom. The molecule has 0 amide bonds. The molecule has 0 aliphatic rings. The second-order valence-corrected chi connectivity index (χ2v) is 6.33. The quantitative estimate of drug-likeness (QED) is 0.775. The Kier molecular flexibility index (Phi) is 3.44. The first-order chi connectivity index (χ1) is 7.36. The summed E-state index contributed by atoms with van der Waals surface area (Å²) in [5.41, 5.74) is 1.15. The summed E-state index contributed by atoms with van der Waals surface area (Å²) in [6.45, 7) is 0. The van der Waals surface area contributed by atoms with Crippen molar-refractivity contribution in [3.63, 3.8) is 0 Å². The van der Waals surface area contributed by atoms with E-state index in [0.717, 1.165) is 10.0 Å². The molecule has 0 fully saturated rings. The third kappa shape index (κ3) is 2.85. The normalized spacial score (nSPS) is 12.3. The van der Waals surface area contributed by atoms with Crippen LogP contribution in [-0.2, 0) is 9.15 Å². The predicted octanol–water partition coefficient (Wildman–Crippen LogP) is 2.10. The van der Waals surface area contributed by atoms with Gasteiger partial charge in [0.15, 0.2) is 0 Å². The molecule has 0 N–H and O–H groups in total. The van der Waals surface area contributed by atoms with Crippen LogP contribution in [0.3, 0.4) is 0 Å². The minimum absolute atomic E-state index is 0.685. The molecule has 0 aliphatic carbocycles. The fourth-order valence-electron chi connectivity index (χ4n) is 1.38. The van der Waals surface area contributed by atoms with E-state index >= 15 is 0 Å². The van der Waals surface area contributed by atoms with Crippen molar-refractivity contribution in [1.29, 1.82) is 0 Å². The maximum atomic E-state index is 12.0. The Hall–Kier alpha value is -1.24. The Morgan fingerprint density at radius 2 is 1.33 bits per heavy atom. The predicted molar refractivity (Wildman–Crippen MR) is 62.7 cm³/mol. The van der Waals surface area contributed by atoms with E-state index < -0.39 is 13.8 Å². The van der Waals surface area contributed by atoms with Crippen molar-refractivity contribution in [2.45, 2.75) is 5.32 Å². The van der Waals surface area contributed by atoms with E-state index in [0.29, 0.717) is 5.32 Å². The van der Waals surface area contributed by atoms with Gasteiger partial charge in [-0.25, -0.2) is 0 Å². The van der Waals surface area contributed by atoms with E-state index in [4.69, 9.17) is 0 Å². The molecule has 0 saturated carbocycles. The van der Waals surface area contributed by atoms with Gasteiger partial charge in [-0.3, -0.25) is 0 Å². The summed E-state index contributed by atoms with van der Waals surface area (Å²) in [5.74, 6) is 0. The van der Waals surface area contributed by atoms with Gasteiger partial charge in [-0.15, -0.1) is 0 Å². The molecule has 15 heavy (non-hydrogen) atoms. The van der Waals surface area contributed by atoms with Crippen LogP contribution < -0.4 is 4.46 Å². The monoisotopic (exact) mass is 264 g/mol. The van der Waals surface area contributed by atoms with Crippen molar-refractivity contribution in [3.8, 4) is 0 Å².